The van der Waals surface area contributed by atoms with Gasteiger partial charge in [-0.25, -0.2) is 0 Å². The zero-order chi connectivity index (χ0) is 9.69. The first kappa shape index (κ1) is 63.5. The molecule has 24 heteroatoms. The van der Waals surface area contributed by atoms with Gasteiger partial charge >= 0.3 is 87.7 Å². The molecule has 0 aromatic rings. The normalized spacial score (nSPS) is 24.5. The molecule has 17 nitrogen and oxygen atoms in total. The van der Waals surface area contributed by atoms with E-state index in [4.69, 9.17) is 10.0 Å². The fraction of sp³-hybridized carbons (Fsp3) is 0. The molecule has 2 fully saturated rings. The fourth-order valence-electron chi connectivity index (χ4n) is 1.06. The minimum atomic E-state index is -3.45. The Hall–Kier alpha value is 1.87. The summed E-state index contributed by atoms with van der Waals surface area (Å²) in [4.78, 5) is 0. The predicted octanol–water partition coefficient (Wildman–Crippen LogP) is -16.3. The van der Waals surface area contributed by atoms with Crippen molar-refractivity contribution in [2.75, 3.05) is 0 Å². The van der Waals surface area contributed by atoms with Crippen LogP contribution in [0.25, 0.3) is 0 Å². The summed E-state index contributed by atoms with van der Waals surface area (Å²) in [5.74, 6) is 0. The van der Waals surface area contributed by atoms with Gasteiger partial charge in [-0.15, -0.1) is 12.4 Å². The number of fused-ring (bicyclic) bond motifs is 2. The smallest absolute Gasteiger partial charge is 0.679 e. The first-order chi connectivity index (χ1) is 5.91. The molecule has 0 spiro atoms. The van der Waals surface area contributed by atoms with Crippen molar-refractivity contribution >= 4 is 41.0 Å². The molecule has 0 atom stereocenters. The maximum absolute atomic E-state index is 9.18. The summed E-state index contributed by atoms with van der Waals surface area (Å²) in [7, 11) is -3.92. The van der Waals surface area contributed by atoms with Crippen molar-refractivity contribution in [1.29, 1.82) is 0 Å². The molecule has 144 valence electrons. The predicted molar refractivity (Wildman–Crippen MR) is 73.5 cm³/mol. The number of hydrogen-bond donors (Lipinski definition) is 4. The van der Waals surface area contributed by atoms with E-state index in [0.717, 1.165) is 0 Å². The van der Waals surface area contributed by atoms with Crippen LogP contribution in [-0.2, 0) is 22.9 Å². The monoisotopic (exact) mass is 418 g/mol. The van der Waals surface area contributed by atoms with E-state index in [-0.39, 0.29) is 115 Å². The standard InChI is InChI=1S/B4H4O9.ClH.2Na.8H2O/c5-1-9-3(7)11-2(6)12-4(8,10-1)13-3;;;;;;;;;;;/h5-8H;1H;;;8*1H2/q-2;;2*+1;;;;;;;;. The van der Waals surface area contributed by atoms with Crippen LogP contribution >= 0.6 is 12.4 Å². The molecule has 2 aliphatic heterocycles. The average molecular weight is 418 g/mol. The zero-order valence-corrected chi connectivity index (χ0v) is 17.4. The molecule has 0 saturated carbocycles. The molecule has 2 rings (SSSR count). The topological polar surface area (TPSA) is 379 Å². The van der Waals surface area contributed by atoms with Crippen molar-refractivity contribution in [3.05, 3.63) is 0 Å². The van der Waals surface area contributed by atoms with Gasteiger partial charge in [0, 0.05) is 0 Å². The van der Waals surface area contributed by atoms with E-state index < -0.39 is 28.6 Å². The van der Waals surface area contributed by atoms with Crippen molar-refractivity contribution in [3.63, 3.8) is 0 Å². The maximum atomic E-state index is 9.18. The second kappa shape index (κ2) is 22.9. The summed E-state index contributed by atoms with van der Waals surface area (Å²) in [6, 6.07) is 0. The van der Waals surface area contributed by atoms with Crippen molar-refractivity contribution in [1.82, 2.24) is 0 Å². The third kappa shape index (κ3) is 16.1. The first-order valence-corrected chi connectivity index (χ1v) is 3.39. The van der Waals surface area contributed by atoms with Crippen molar-refractivity contribution < 1.29 is 146 Å². The Labute approximate surface area is 185 Å². The largest absolute Gasteiger partial charge is 1.00 e. The van der Waals surface area contributed by atoms with Gasteiger partial charge in [-0.1, -0.05) is 0 Å². The van der Waals surface area contributed by atoms with E-state index in [1.807, 2.05) is 0 Å². The van der Waals surface area contributed by atoms with Crippen LogP contribution in [-0.4, -0.2) is 92.5 Å². The molecule has 2 aliphatic rings. The van der Waals surface area contributed by atoms with E-state index >= 15 is 0 Å². The van der Waals surface area contributed by atoms with E-state index in [0.29, 0.717) is 0 Å². The van der Waals surface area contributed by atoms with Crippen LogP contribution in [0.2, 0.25) is 0 Å². The molecule has 2 saturated heterocycles. The third-order valence-corrected chi connectivity index (χ3v) is 1.50. The minimum Gasteiger partial charge on any atom is -0.679 e. The van der Waals surface area contributed by atoms with Crippen LogP contribution in [0.4, 0.5) is 0 Å². The van der Waals surface area contributed by atoms with Gasteiger partial charge in [0.25, 0.3) is 0 Å². The van der Waals surface area contributed by atoms with Gasteiger partial charge in [0.2, 0.25) is 0 Å². The molecule has 0 amide bonds. The SMILES string of the molecule is Cl.O.O.O.O.O.O.O.O.OB1O[B-]2(O)OB(O)O[B-](O)(O1)O2.[Na+].[Na+]. The van der Waals surface area contributed by atoms with Gasteiger partial charge in [-0.05, 0) is 0 Å². The summed E-state index contributed by atoms with van der Waals surface area (Å²) in [6.07, 6.45) is 0. The molecule has 2 bridgehead atoms. The van der Waals surface area contributed by atoms with E-state index in [9.17, 15) is 10.0 Å². The van der Waals surface area contributed by atoms with Crippen molar-refractivity contribution in [2.24, 2.45) is 0 Å². The summed E-state index contributed by atoms with van der Waals surface area (Å²) < 4.78 is 21.1. The first-order valence-electron chi connectivity index (χ1n) is 3.39. The molecule has 2 heterocycles. The molecule has 0 aromatic carbocycles. The van der Waals surface area contributed by atoms with Crippen LogP contribution in [0.5, 0.6) is 0 Å². The molecule has 0 aromatic heterocycles. The molecule has 0 aliphatic carbocycles. The van der Waals surface area contributed by atoms with E-state index in [1.54, 1.807) is 0 Å². The van der Waals surface area contributed by atoms with E-state index in [1.165, 1.54) is 0 Å². The Morgan fingerprint density at radius 2 is 0.708 bits per heavy atom. The summed E-state index contributed by atoms with van der Waals surface area (Å²) in [5, 5.41) is 35.9. The molecule has 0 unspecified atom stereocenters. The molecular formula is H21B4ClNa2O17. The number of rotatable bonds is 0. The Kier molecular flexibility index (Phi) is 60.6. The maximum Gasteiger partial charge on any atom is 1.00 e. The Morgan fingerprint density at radius 1 is 0.542 bits per heavy atom. The van der Waals surface area contributed by atoms with Crippen LogP contribution in [0.15, 0.2) is 0 Å². The Bertz CT molecular complexity index is 201. The number of hydrogen-bond acceptors (Lipinski definition) is 9. The second-order valence-electron chi connectivity index (χ2n) is 2.50. The number of halogens is 1. The molecule has 20 N–H and O–H groups in total. The summed E-state index contributed by atoms with van der Waals surface area (Å²) in [6.45, 7) is -6.90. The van der Waals surface area contributed by atoms with Crippen LogP contribution in [0, 0.1) is 0 Å². The van der Waals surface area contributed by atoms with Crippen LogP contribution in [0.3, 0.4) is 0 Å². The molecular weight excluding hydrogens is 397 g/mol. The quantitative estimate of drug-likeness (QED) is 0.271. The van der Waals surface area contributed by atoms with Crippen LogP contribution in [0.1, 0.15) is 0 Å². The van der Waals surface area contributed by atoms with Crippen molar-refractivity contribution in [2.45, 2.75) is 0 Å². The Morgan fingerprint density at radius 3 is 0.875 bits per heavy atom. The van der Waals surface area contributed by atoms with Gasteiger partial charge in [-0.2, -0.15) is 0 Å². The second-order valence-corrected chi connectivity index (χ2v) is 2.50. The Balaban J connectivity index is -0.0000000223. The van der Waals surface area contributed by atoms with Gasteiger partial charge in [-0.3, -0.25) is 0 Å². The third-order valence-electron chi connectivity index (χ3n) is 1.50. The zero-order valence-electron chi connectivity index (χ0n) is 12.5. The van der Waals surface area contributed by atoms with Gasteiger partial charge in [0.1, 0.15) is 0 Å². The van der Waals surface area contributed by atoms with E-state index in [2.05, 4.69) is 22.9 Å². The molecule has 0 radical (unpaired) electrons. The average Bonchev–Trinajstić information content (AvgIpc) is 1.75. The minimum absolute atomic E-state index is 0. The summed E-state index contributed by atoms with van der Waals surface area (Å²) >= 11 is 0. The molecule has 24 heavy (non-hydrogen) atoms. The van der Waals surface area contributed by atoms with Gasteiger partial charge < -0.3 is 86.8 Å². The van der Waals surface area contributed by atoms with Gasteiger partial charge in [0.15, 0.2) is 0 Å². The summed E-state index contributed by atoms with van der Waals surface area (Å²) in [5.41, 5.74) is 0. The van der Waals surface area contributed by atoms with Crippen LogP contribution < -0.4 is 59.1 Å². The van der Waals surface area contributed by atoms with Crippen molar-refractivity contribution in [3.8, 4) is 0 Å². The fourth-order valence-corrected chi connectivity index (χ4v) is 1.06. The van der Waals surface area contributed by atoms with Gasteiger partial charge in [0.05, 0.1) is 0 Å².